The summed E-state index contributed by atoms with van der Waals surface area (Å²) in [7, 11) is 0. The lowest BCUT2D eigenvalue weighted by atomic mass is 10.3. The highest BCUT2D eigenvalue weighted by Gasteiger charge is 2.38. The zero-order valence-corrected chi connectivity index (χ0v) is 9.87. The minimum atomic E-state index is -4.39. The van der Waals surface area contributed by atoms with Crippen LogP contribution in [0.15, 0.2) is 12.1 Å². The largest absolute Gasteiger partial charge is 0.464 e. The van der Waals surface area contributed by atoms with E-state index in [4.69, 9.17) is 0 Å². The number of hydrogen-bond acceptors (Lipinski definition) is 4. The molecule has 1 aromatic heterocycles. The first-order chi connectivity index (χ1) is 8.45. The SMILES string of the molecule is CC(Oc1ccc(CNC2CC2)nn1)C(F)(F)F. The lowest BCUT2D eigenvalue weighted by molar-refractivity contribution is -0.190. The van der Waals surface area contributed by atoms with Crippen molar-refractivity contribution in [2.24, 2.45) is 0 Å². The van der Waals surface area contributed by atoms with Gasteiger partial charge in [-0.3, -0.25) is 0 Å². The molecule has 18 heavy (non-hydrogen) atoms. The molecule has 0 spiro atoms. The van der Waals surface area contributed by atoms with E-state index in [0.717, 1.165) is 19.8 Å². The molecule has 0 bridgehead atoms. The average molecular weight is 261 g/mol. The molecular formula is C11H14F3N3O. The van der Waals surface area contributed by atoms with Gasteiger partial charge in [0, 0.05) is 18.7 Å². The van der Waals surface area contributed by atoms with E-state index in [1.807, 2.05) is 0 Å². The summed E-state index contributed by atoms with van der Waals surface area (Å²) >= 11 is 0. The Morgan fingerprint density at radius 2 is 2.11 bits per heavy atom. The molecule has 1 fully saturated rings. The summed E-state index contributed by atoms with van der Waals surface area (Å²) in [5.74, 6) is -0.116. The van der Waals surface area contributed by atoms with Crippen molar-refractivity contribution in [2.45, 2.75) is 44.6 Å². The van der Waals surface area contributed by atoms with Crippen molar-refractivity contribution in [1.29, 1.82) is 0 Å². The Morgan fingerprint density at radius 1 is 1.39 bits per heavy atom. The summed E-state index contributed by atoms with van der Waals surface area (Å²) in [4.78, 5) is 0. The molecule has 1 aliphatic rings. The van der Waals surface area contributed by atoms with Gasteiger partial charge in [0.15, 0.2) is 6.10 Å². The van der Waals surface area contributed by atoms with Crippen LogP contribution < -0.4 is 10.1 Å². The second-order valence-electron chi connectivity index (χ2n) is 4.32. The van der Waals surface area contributed by atoms with Crippen LogP contribution in [0, 0.1) is 0 Å². The van der Waals surface area contributed by atoms with Crippen LogP contribution in [0.25, 0.3) is 0 Å². The van der Waals surface area contributed by atoms with Crippen molar-refractivity contribution in [3.63, 3.8) is 0 Å². The summed E-state index contributed by atoms with van der Waals surface area (Å²) in [6.07, 6.45) is -3.95. The lowest BCUT2D eigenvalue weighted by Crippen LogP contribution is -2.31. The summed E-state index contributed by atoms with van der Waals surface area (Å²) in [5.41, 5.74) is 0.689. The number of halogens is 3. The second-order valence-corrected chi connectivity index (χ2v) is 4.32. The molecule has 1 heterocycles. The van der Waals surface area contributed by atoms with Crippen LogP contribution in [-0.2, 0) is 6.54 Å². The van der Waals surface area contributed by atoms with Crippen LogP contribution in [0.3, 0.4) is 0 Å². The van der Waals surface area contributed by atoms with E-state index in [1.54, 1.807) is 6.07 Å². The van der Waals surface area contributed by atoms with Gasteiger partial charge in [0.25, 0.3) is 0 Å². The van der Waals surface area contributed by atoms with Gasteiger partial charge < -0.3 is 10.1 Å². The van der Waals surface area contributed by atoms with Crippen LogP contribution in [0.1, 0.15) is 25.5 Å². The zero-order valence-electron chi connectivity index (χ0n) is 9.87. The predicted octanol–water partition coefficient (Wildman–Crippen LogP) is 2.06. The predicted molar refractivity (Wildman–Crippen MR) is 58.0 cm³/mol. The molecule has 4 nitrogen and oxygen atoms in total. The van der Waals surface area contributed by atoms with Gasteiger partial charge in [-0.1, -0.05) is 0 Å². The van der Waals surface area contributed by atoms with E-state index in [2.05, 4.69) is 20.3 Å². The molecule has 1 aromatic rings. The molecule has 0 amide bonds. The maximum atomic E-state index is 12.2. The second kappa shape index (κ2) is 5.09. The van der Waals surface area contributed by atoms with Gasteiger partial charge in [0.05, 0.1) is 5.69 Å². The third kappa shape index (κ3) is 3.83. The van der Waals surface area contributed by atoms with E-state index >= 15 is 0 Å². The van der Waals surface area contributed by atoms with Gasteiger partial charge in [-0.15, -0.1) is 5.10 Å². The van der Waals surface area contributed by atoms with Gasteiger partial charge in [-0.05, 0) is 25.8 Å². The third-order valence-electron chi connectivity index (χ3n) is 2.60. The maximum Gasteiger partial charge on any atom is 0.425 e. The maximum absolute atomic E-state index is 12.2. The van der Waals surface area contributed by atoms with Gasteiger partial charge in [0.2, 0.25) is 5.88 Å². The van der Waals surface area contributed by atoms with Crippen molar-refractivity contribution in [3.8, 4) is 5.88 Å². The van der Waals surface area contributed by atoms with Crippen LogP contribution in [0.5, 0.6) is 5.88 Å². The Morgan fingerprint density at radius 3 is 2.61 bits per heavy atom. The van der Waals surface area contributed by atoms with Crippen LogP contribution in [0.4, 0.5) is 13.2 Å². The summed E-state index contributed by atoms with van der Waals surface area (Å²) < 4.78 is 41.4. The van der Waals surface area contributed by atoms with Gasteiger partial charge in [-0.25, -0.2) is 0 Å². The van der Waals surface area contributed by atoms with Crippen molar-refractivity contribution in [1.82, 2.24) is 15.5 Å². The number of alkyl halides is 3. The van der Waals surface area contributed by atoms with E-state index in [1.165, 1.54) is 6.07 Å². The smallest absolute Gasteiger partial charge is 0.425 e. The van der Waals surface area contributed by atoms with Crippen molar-refractivity contribution in [3.05, 3.63) is 17.8 Å². The molecule has 1 saturated carbocycles. The number of ether oxygens (including phenoxy) is 1. The van der Waals surface area contributed by atoms with Gasteiger partial charge in [-0.2, -0.15) is 18.3 Å². The molecule has 1 aliphatic carbocycles. The Kier molecular flexibility index (Phi) is 3.70. The Bertz CT molecular complexity index is 390. The minimum Gasteiger partial charge on any atom is -0.464 e. The fourth-order valence-electron chi connectivity index (χ4n) is 1.29. The molecule has 0 aromatic carbocycles. The fraction of sp³-hybridized carbons (Fsp3) is 0.636. The zero-order chi connectivity index (χ0) is 13.2. The highest BCUT2D eigenvalue weighted by Crippen LogP contribution is 2.23. The average Bonchev–Trinajstić information content (AvgIpc) is 3.11. The first kappa shape index (κ1) is 13.1. The molecule has 7 heteroatoms. The number of aromatic nitrogens is 2. The highest BCUT2D eigenvalue weighted by atomic mass is 19.4. The third-order valence-corrected chi connectivity index (χ3v) is 2.60. The quantitative estimate of drug-likeness (QED) is 0.881. The summed E-state index contributed by atoms with van der Waals surface area (Å²) in [6, 6.07) is 3.56. The minimum absolute atomic E-state index is 0.116. The molecule has 100 valence electrons. The van der Waals surface area contributed by atoms with Crippen molar-refractivity contribution >= 4 is 0 Å². The van der Waals surface area contributed by atoms with E-state index in [9.17, 15) is 13.2 Å². The molecule has 1 unspecified atom stereocenters. The van der Waals surface area contributed by atoms with E-state index in [-0.39, 0.29) is 5.88 Å². The number of hydrogen-bond donors (Lipinski definition) is 1. The van der Waals surface area contributed by atoms with Crippen molar-refractivity contribution in [2.75, 3.05) is 0 Å². The first-order valence-electron chi connectivity index (χ1n) is 5.74. The van der Waals surface area contributed by atoms with Crippen LogP contribution >= 0.6 is 0 Å². The fourth-order valence-corrected chi connectivity index (χ4v) is 1.29. The van der Waals surface area contributed by atoms with Crippen LogP contribution in [-0.4, -0.2) is 28.5 Å². The van der Waals surface area contributed by atoms with Crippen molar-refractivity contribution < 1.29 is 17.9 Å². The monoisotopic (exact) mass is 261 g/mol. The van der Waals surface area contributed by atoms with Gasteiger partial charge in [0.1, 0.15) is 0 Å². The summed E-state index contributed by atoms with van der Waals surface area (Å²) in [5, 5.41) is 10.7. The standard InChI is InChI=1S/C11H14F3N3O/c1-7(11(12,13)14)18-10-5-4-9(16-17-10)6-15-8-2-3-8/h4-5,7-8,15H,2-3,6H2,1H3. The van der Waals surface area contributed by atoms with E-state index in [0.29, 0.717) is 18.3 Å². The molecule has 1 N–H and O–H groups in total. The Hall–Kier alpha value is -1.37. The van der Waals surface area contributed by atoms with Crippen LogP contribution in [0.2, 0.25) is 0 Å². The molecular weight excluding hydrogens is 247 g/mol. The summed E-state index contributed by atoms with van der Waals surface area (Å²) in [6.45, 7) is 1.51. The Labute approximate surface area is 103 Å². The van der Waals surface area contributed by atoms with E-state index < -0.39 is 12.3 Å². The topological polar surface area (TPSA) is 47.0 Å². The number of rotatable bonds is 5. The highest BCUT2D eigenvalue weighted by molar-refractivity contribution is 5.12. The number of nitrogens with one attached hydrogen (secondary N) is 1. The Balaban J connectivity index is 1.86. The lowest BCUT2D eigenvalue weighted by Gasteiger charge is -2.16. The molecule has 1 atom stereocenters. The molecule has 0 aliphatic heterocycles. The van der Waals surface area contributed by atoms with Gasteiger partial charge >= 0.3 is 6.18 Å². The molecule has 2 rings (SSSR count). The number of nitrogens with zero attached hydrogens (tertiary/aromatic N) is 2. The first-order valence-corrected chi connectivity index (χ1v) is 5.74. The normalized spacial score (nSPS) is 17.6. The molecule has 0 saturated heterocycles. The molecule has 0 radical (unpaired) electrons.